The number of carboxylic acid groups (broad SMARTS) is 1. The third-order valence-corrected chi connectivity index (χ3v) is 3.36. The fraction of sp³-hybridized carbons (Fsp3) is 0.769. The lowest BCUT2D eigenvalue weighted by Crippen LogP contribution is -2.40. The molecule has 6 heteroatoms. The van der Waals surface area contributed by atoms with Crippen molar-refractivity contribution >= 4 is 17.8 Å². The summed E-state index contributed by atoms with van der Waals surface area (Å²) in [5.41, 5.74) is 0.307. The number of nitrogens with one attached hydrogen (secondary N) is 1. The molecule has 0 unspecified atom stereocenters. The smallest absolute Gasteiger partial charge is 0.433 e. The van der Waals surface area contributed by atoms with E-state index in [9.17, 15) is 9.59 Å². The van der Waals surface area contributed by atoms with Crippen molar-refractivity contribution in [3.8, 4) is 0 Å². The number of carboxylic acids is 1. The molecule has 0 spiro atoms. The number of aliphatic carboxylic acids is 1. The summed E-state index contributed by atoms with van der Waals surface area (Å²) in [4.78, 5) is 27.0. The standard InChI is InChI=1S/C13H22N2O4/c1-10(2)15-19-12(18)14-9-13(8-11(16)17)6-4-3-5-7-13/h3-9H2,1-2H3,(H,14,18)(H,16,17). The molecule has 108 valence electrons. The molecule has 6 nitrogen and oxygen atoms in total. The molecule has 2 N–H and O–H groups in total. The lowest BCUT2D eigenvalue weighted by atomic mass is 9.72. The summed E-state index contributed by atoms with van der Waals surface area (Å²) in [5.74, 6) is -0.820. The van der Waals surface area contributed by atoms with E-state index in [-0.39, 0.29) is 11.8 Å². The third-order valence-electron chi connectivity index (χ3n) is 3.36. The Kier molecular flexibility index (Phi) is 5.79. The van der Waals surface area contributed by atoms with Gasteiger partial charge in [-0.1, -0.05) is 24.4 Å². The molecule has 0 radical (unpaired) electrons. The van der Waals surface area contributed by atoms with Crippen LogP contribution in [0.2, 0.25) is 0 Å². The maximum Gasteiger partial charge on any atom is 0.433 e. The van der Waals surface area contributed by atoms with Crippen molar-refractivity contribution in [3.63, 3.8) is 0 Å². The molecule has 1 aliphatic carbocycles. The van der Waals surface area contributed by atoms with Gasteiger partial charge in [-0.25, -0.2) is 4.79 Å². The van der Waals surface area contributed by atoms with Crippen LogP contribution < -0.4 is 5.32 Å². The first-order valence-corrected chi connectivity index (χ1v) is 6.61. The lowest BCUT2D eigenvalue weighted by molar-refractivity contribution is -0.140. The molecular formula is C13H22N2O4. The Labute approximate surface area is 113 Å². The highest BCUT2D eigenvalue weighted by Gasteiger charge is 2.34. The molecule has 19 heavy (non-hydrogen) atoms. The van der Waals surface area contributed by atoms with Crippen LogP contribution >= 0.6 is 0 Å². The number of nitrogens with zero attached hydrogens (tertiary/aromatic N) is 1. The van der Waals surface area contributed by atoms with E-state index in [2.05, 4.69) is 15.3 Å². The fourth-order valence-electron chi connectivity index (χ4n) is 2.46. The Morgan fingerprint density at radius 2 is 1.89 bits per heavy atom. The molecule has 0 aromatic rings. The van der Waals surface area contributed by atoms with Crippen LogP contribution in [0, 0.1) is 5.41 Å². The minimum atomic E-state index is -0.820. The van der Waals surface area contributed by atoms with Gasteiger partial charge in [-0.15, -0.1) is 0 Å². The van der Waals surface area contributed by atoms with Gasteiger partial charge in [-0.2, -0.15) is 0 Å². The number of carbonyl (C=O) groups is 2. The number of rotatable bonds is 5. The zero-order chi connectivity index (χ0) is 14.3. The summed E-state index contributed by atoms with van der Waals surface area (Å²) in [6.07, 6.45) is 4.27. The summed E-state index contributed by atoms with van der Waals surface area (Å²) in [6.45, 7) is 3.77. The van der Waals surface area contributed by atoms with Crippen molar-refractivity contribution in [2.75, 3.05) is 6.54 Å². The van der Waals surface area contributed by atoms with Gasteiger partial charge >= 0.3 is 12.1 Å². The van der Waals surface area contributed by atoms with E-state index in [0.29, 0.717) is 12.3 Å². The van der Waals surface area contributed by atoms with Gasteiger partial charge in [-0.3, -0.25) is 9.63 Å². The van der Waals surface area contributed by atoms with Crippen LogP contribution in [0.3, 0.4) is 0 Å². The summed E-state index contributed by atoms with van der Waals surface area (Å²) in [5, 5.41) is 15.2. The highest BCUT2D eigenvalue weighted by Crippen LogP contribution is 2.38. The number of oxime groups is 1. The van der Waals surface area contributed by atoms with Gasteiger partial charge < -0.3 is 10.4 Å². The predicted molar refractivity (Wildman–Crippen MR) is 71.0 cm³/mol. The number of hydrogen-bond donors (Lipinski definition) is 2. The van der Waals surface area contributed by atoms with Gasteiger partial charge in [0.1, 0.15) is 0 Å². The maximum absolute atomic E-state index is 11.4. The van der Waals surface area contributed by atoms with Crippen LogP contribution in [0.5, 0.6) is 0 Å². The first-order valence-electron chi connectivity index (χ1n) is 6.61. The molecular weight excluding hydrogens is 248 g/mol. The monoisotopic (exact) mass is 270 g/mol. The quantitative estimate of drug-likeness (QED) is 0.456. The van der Waals surface area contributed by atoms with Gasteiger partial charge in [-0.05, 0) is 32.1 Å². The molecule has 0 aromatic heterocycles. The summed E-state index contributed by atoms with van der Waals surface area (Å²) in [6, 6.07) is 0. The van der Waals surface area contributed by atoms with Gasteiger partial charge in [0.05, 0.1) is 12.1 Å². The van der Waals surface area contributed by atoms with Crippen molar-refractivity contribution in [3.05, 3.63) is 0 Å². The Balaban J connectivity index is 2.51. The molecule has 1 aliphatic rings. The van der Waals surface area contributed by atoms with Gasteiger partial charge in [0.2, 0.25) is 0 Å². The van der Waals surface area contributed by atoms with Crippen molar-refractivity contribution in [1.29, 1.82) is 0 Å². The average molecular weight is 270 g/mol. The van der Waals surface area contributed by atoms with Gasteiger partial charge in [0.25, 0.3) is 0 Å². The second-order valence-corrected chi connectivity index (χ2v) is 5.40. The summed E-state index contributed by atoms with van der Waals surface area (Å²) >= 11 is 0. The molecule has 0 aliphatic heterocycles. The molecule has 0 heterocycles. The second-order valence-electron chi connectivity index (χ2n) is 5.40. The Hall–Kier alpha value is -1.59. The summed E-state index contributed by atoms with van der Waals surface area (Å²) < 4.78 is 0. The average Bonchev–Trinajstić information content (AvgIpc) is 2.34. The maximum atomic E-state index is 11.4. The largest absolute Gasteiger partial charge is 0.481 e. The van der Waals surface area contributed by atoms with Crippen LogP contribution in [0.1, 0.15) is 52.4 Å². The van der Waals surface area contributed by atoms with E-state index in [1.165, 1.54) is 0 Å². The topological polar surface area (TPSA) is 88.0 Å². The Morgan fingerprint density at radius 1 is 1.26 bits per heavy atom. The first-order chi connectivity index (χ1) is 8.93. The molecule has 0 bridgehead atoms. The molecule has 0 atom stereocenters. The highest BCUT2D eigenvalue weighted by atomic mass is 16.7. The Morgan fingerprint density at radius 3 is 2.42 bits per heavy atom. The van der Waals surface area contributed by atoms with Gasteiger partial charge in [0, 0.05) is 6.54 Å². The predicted octanol–water partition coefficient (Wildman–Crippen LogP) is 2.53. The van der Waals surface area contributed by atoms with Crippen molar-refractivity contribution in [1.82, 2.24) is 5.32 Å². The third kappa shape index (κ3) is 5.72. The lowest BCUT2D eigenvalue weighted by Gasteiger charge is -2.35. The number of amides is 1. The SMILES string of the molecule is CC(C)=NOC(=O)NCC1(CC(=O)O)CCCCC1. The van der Waals surface area contributed by atoms with E-state index in [0.717, 1.165) is 32.1 Å². The molecule has 1 fully saturated rings. The minimum Gasteiger partial charge on any atom is -0.481 e. The highest BCUT2D eigenvalue weighted by molar-refractivity contribution is 5.79. The zero-order valence-electron chi connectivity index (χ0n) is 11.6. The van der Waals surface area contributed by atoms with Crippen LogP contribution in [-0.4, -0.2) is 29.4 Å². The van der Waals surface area contributed by atoms with E-state index in [4.69, 9.17) is 5.11 Å². The van der Waals surface area contributed by atoms with Crippen LogP contribution in [-0.2, 0) is 9.63 Å². The molecule has 0 saturated heterocycles. The van der Waals surface area contributed by atoms with Crippen LogP contribution in [0.4, 0.5) is 4.79 Å². The fourth-order valence-corrected chi connectivity index (χ4v) is 2.46. The molecule has 1 amide bonds. The van der Waals surface area contributed by atoms with E-state index >= 15 is 0 Å². The minimum absolute atomic E-state index is 0.0867. The first kappa shape index (κ1) is 15.5. The van der Waals surface area contributed by atoms with Crippen molar-refractivity contribution < 1.29 is 19.5 Å². The van der Waals surface area contributed by atoms with Crippen molar-refractivity contribution in [2.45, 2.75) is 52.4 Å². The molecule has 0 aromatic carbocycles. The van der Waals surface area contributed by atoms with E-state index in [1.807, 2.05) is 0 Å². The molecule has 1 saturated carbocycles. The van der Waals surface area contributed by atoms with Crippen molar-refractivity contribution in [2.24, 2.45) is 10.6 Å². The van der Waals surface area contributed by atoms with E-state index in [1.54, 1.807) is 13.8 Å². The second kappa shape index (κ2) is 7.11. The van der Waals surface area contributed by atoms with E-state index < -0.39 is 12.1 Å². The summed E-state index contributed by atoms with van der Waals surface area (Å²) in [7, 11) is 0. The molecule has 1 rings (SSSR count). The number of carbonyl (C=O) groups excluding carboxylic acids is 1. The zero-order valence-corrected chi connectivity index (χ0v) is 11.6. The van der Waals surface area contributed by atoms with Crippen LogP contribution in [0.25, 0.3) is 0 Å². The van der Waals surface area contributed by atoms with Gasteiger partial charge in [0.15, 0.2) is 0 Å². The Bertz CT molecular complexity index is 356. The van der Waals surface area contributed by atoms with Crippen LogP contribution in [0.15, 0.2) is 5.16 Å². The normalized spacial score (nSPS) is 17.4. The number of hydrogen-bond acceptors (Lipinski definition) is 4.